The average molecular weight is 641 g/mol. The number of hydrogen-bond acceptors (Lipinski definition) is 9. The van der Waals surface area contributed by atoms with Crippen molar-refractivity contribution in [2.24, 2.45) is 34.0 Å². The Morgan fingerprint density at radius 1 is 1.27 bits per heavy atom. The van der Waals surface area contributed by atoms with Crippen molar-refractivity contribution < 1.29 is 23.8 Å². The number of furan rings is 1. The lowest BCUT2D eigenvalue weighted by molar-refractivity contribution is -0.124. The first-order valence-electron chi connectivity index (χ1n) is 15.0. The molecule has 2 amide bonds. The van der Waals surface area contributed by atoms with Crippen LogP contribution in [0.25, 0.3) is 17.4 Å². The van der Waals surface area contributed by atoms with Crippen molar-refractivity contribution in [1.29, 1.82) is 0 Å². The highest BCUT2D eigenvalue weighted by Gasteiger charge is 2.48. The molecule has 0 spiro atoms. The molecule has 11 nitrogen and oxygen atoms in total. The third kappa shape index (κ3) is 7.39. The molecule has 1 aromatic heterocycles. The fraction of sp³-hybridized carbons (Fsp3) is 0.484. The number of nitrogens with one attached hydrogen (secondary N) is 1. The summed E-state index contributed by atoms with van der Waals surface area (Å²) in [6, 6.07) is 6.31. The molecular weight excluding hydrogens is 601 g/mol. The highest BCUT2D eigenvalue weighted by Crippen LogP contribution is 2.49. The summed E-state index contributed by atoms with van der Waals surface area (Å²) in [7, 11) is 1.53. The Bertz CT molecular complexity index is 1470. The number of phenols is 1. The monoisotopic (exact) mass is 640 g/mol. The van der Waals surface area contributed by atoms with Crippen LogP contribution < -0.4 is 27.3 Å². The van der Waals surface area contributed by atoms with Crippen molar-refractivity contribution >= 4 is 52.2 Å². The number of methoxy groups -OCH3 is 1. The van der Waals surface area contributed by atoms with Gasteiger partial charge in [-0.1, -0.05) is 30.4 Å². The van der Waals surface area contributed by atoms with Gasteiger partial charge in [0.05, 0.1) is 18.1 Å². The molecule has 5 rings (SSSR count). The summed E-state index contributed by atoms with van der Waals surface area (Å²) in [5, 5.41) is 13.1. The first kappa shape index (κ1) is 31.9. The zero-order valence-electron chi connectivity index (χ0n) is 24.8. The summed E-state index contributed by atoms with van der Waals surface area (Å²) in [5.41, 5.74) is 18.2. The second-order valence-electron chi connectivity index (χ2n) is 11.7. The van der Waals surface area contributed by atoms with Gasteiger partial charge in [0, 0.05) is 36.8 Å². The molecule has 44 heavy (non-hydrogen) atoms. The molecule has 13 heteroatoms. The molecule has 0 radical (unpaired) electrons. The third-order valence-corrected chi connectivity index (χ3v) is 9.93. The van der Waals surface area contributed by atoms with Crippen molar-refractivity contribution in [3.8, 4) is 22.8 Å². The van der Waals surface area contributed by atoms with Crippen LogP contribution in [0.2, 0.25) is 0 Å². The number of ether oxygens (including phenoxy) is 1. The minimum Gasteiger partial charge on any atom is -0.508 e. The number of aliphatic imine (C=N–C) groups is 1. The molecule has 1 aliphatic heterocycles. The topological polar surface area (TPSA) is 182 Å². The third-order valence-electron chi connectivity index (χ3n) is 8.60. The second-order valence-corrected chi connectivity index (χ2v) is 13.3. The smallest absolute Gasteiger partial charge is 0.266 e. The molecule has 2 saturated carbocycles. The van der Waals surface area contributed by atoms with Crippen LogP contribution in [0.1, 0.15) is 56.3 Å². The minimum absolute atomic E-state index is 0.0141. The Labute approximate surface area is 266 Å². The molecule has 3 unspecified atom stereocenters. The summed E-state index contributed by atoms with van der Waals surface area (Å²) >= 11 is 7.00. The minimum atomic E-state index is -0.655. The fourth-order valence-corrected chi connectivity index (χ4v) is 7.77. The largest absolute Gasteiger partial charge is 0.508 e. The Kier molecular flexibility index (Phi) is 10.2. The predicted molar refractivity (Wildman–Crippen MR) is 176 cm³/mol. The molecular formula is C31H40N6O5S2. The van der Waals surface area contributed by atoms with Crippen LogP contribution in [0.4, 0.5) is 0 Å². The van der Waals surface area contributed by atoms with Crippen LogP contribution >= 0.6 is 24.0 Å². The quantitative estimate of drug-likeness (QED) is 0.0715. The van der Waals surface area contributed by atoms with E-state index in [1.807, 2.05) is 11.0 Å². The van der Waals surface area contributed by atoms with Crippen molar-refractivity contribution in [2.45, 2.75) is 63.5 Å². The van der Waals surface area contributed by atoms with Gasteiger partial charge in [-0.3, -0.25) is 19.5 Å². The number of aromatic hydroxyl groups is 1. The van der Waals surface area contributed by atoms with Crippen LogP contribution in [0.15, 0.2) is 38.6 Å². The highest BCUT2D eigenvalue weighted by molar-refractivity contribution is 8.26. The maximum Gasteiger partial charge on any atom is 0.266 e. The highest BCUT2D eigenvalue weighted by atomic mass is 32.2. The summed E-state index contributed by atoms with van der Waals surface area (Å²) in [5.74, 6) is 2.52. The molecule has 1 saturated heterocycles. The first-order valence-corrected chi connectivity index (χ1v) is 16.2. The van der Waals surface area contributed by atoms with E-state index in [1.165, 1.54) is 37.8 Å². The van der Waals surface area contributed by atoms with E-state index in [2.05, 4.69) is 10.3 Å². The molecule has 3 aliphatic rings. The SMILES string of the molecule is COc1cc(O)cc(-c2cc(CCCNC(=O)[C@@H](N)CCCN=C(N)N)c(C=C3SC(=S)N(C4CC5CCC4C5)C3=O)o2)c1. The normalized spacial score (nSPS) is 22.5. The maximum absolute atomic E-state index is 13.6. The number of fused-ring (bicyclic) bond motifs is 2. The summed E-state index contributed by atoms with van der Waals surface area (Å²) < 4.78 is 12.2. The predicted octanol–water partition coefficient (Wildman–Crippen LogP) is 3.48. The summed E-state index contributed by atoms with van der Waals surface area (Å²) in [6.45, 7) is 0.827. The molecule has 1 aromatic carbocycles. The van der Waals surface area contributed by atoms with Crippen LogP contribution in [-0.4, -0.2) is 64.4 Å². The molecule has 3 fully saturated rings. The van der Waals surface area contributed by atoms with E-state index in [0.717, 1.165) is 18.4 Å². The number of thioether (sulfide) groups is 1. The van der Waals surface area contributed by atoms with Crippen LogP contribution in [0.3, 0.4) is 0 Å². The van der Waals surface area contributed by atoms with E-state index in [-0.39, 0.29) is 29.6 Å². The van der Waals surface area contributed by atoms with E-state index in [0.29, 0.717) is 82.7 Å². The number of benzene rings is 1. The van der Waals surface area contributed by atoms with E-state index in [4.69, 9.17) is 38.6 Å². The van der Waals surface area contributed by atoms with Gasteiger partial charge in [0.1, 0.15) is 27.3 Å². The van der Waals surface area contributed by atoms with Gasteiger partial charge in [-0.2, -0.15) is 0 Å². The van der Waals surface area contributed by atoms with Gasteiger partial charge in [0.2, 0.25) is 5.91 Å². The van der Waals surface area contributed by atoms with Crippen molar-refractivity contribution in [1.82, 2.24) is 10.2 Å². The fourth-order valence-electron chi connectivity index (χ4n) is 6.43. The maximum atomic E-state index is 13.6. The average Bonchev–Trinajstić information content (AvgIpc) is 3.77. The molecule has 2 aliphatic carbocycles. The van der Waals surface area contributed by atoms with Gasteiger partial charge in [-0.05, 0) is 80.5 Å². The first-order chi connectivity index (χ1) is 21.1. The lowest BCUT2D eigenvalue weighted by Crippen LogP contribution is -2.41. The van der Waals surface area contributed by atoms with Gasteiger partial charge in [-0.25, -0.2) is 0 Å². The number of carbonyl (C=O) groups excluding carboxylic acids is 2. The van der Waals surface area contributed by atoms with Gasteiger partial charge < -0.3 is 36.8 Å². The summed E-state index contributed by atoms with van der Waals surface area (Å²) in [6.07, 6.45) is 8.62. The number of hydrogen-bond donors (Lipinski definition) is 5. The Morgan fingerprint density at radius 3 is 2.80 bits per heavy atom. The number of carbonyl (C=O) groups is 2. The van der Waals surface area contributed by atoms with E-state index in [1.54, 1.807) is 18.2 Å². The molecule has 2 heterocycles. The molecule has 8 N–H and O–H groups in total. The number of amides is 2. The number of nitrogens with two attached hydrogens (primary N) is 3. The van der Waals surface area contributed by atoms with Gasteiger partial charge in [-0.15, -0.1) is 0 Å². The number of nitrogens with zero attached hydrogens (tertiary/aromatic N) is 2. The van der Waals surface area contributed by atoms with Crippen molar-refractivity contribution in [2.75, 3.05) is 20.2 Å². The number of guanidine groups is 1. The zero-order valence-corrected chi connectivity index (χ0v) is 26.4. The number of rotatable bonds is 13. The summed E-state index contributed by atoms with van der Waals surface area (Å²) in [4.78, 5) is 32.4. The van der Waals surface area contributed by atoms with E-state index in [9.17, 15) is 14.7 Å². The molecule has 4 atom stereocenters. The van der Waals surface area contributed by atoms with Crippen LogP contribution in [0, 0.1) is 11.8 Å². The zero-order chi connectivity index (χ0) is 31.4. The number of aryl methyl sites for hydroxylation is 1. The van der Waals surface area contributed by atoms with Gasteiger partial charge in [0.25, 0.3) is 5.91 Å². The Hall–Kier alpha value is -3.55. The number of thiocarbonyl (C=S) groups is 1. The van der Waals surface area contributed by atoms with Gasteiger partial charge in [0.15, 0.2) is 5.96 Å². The Morgan fingerprint density at radius 2 is 2.09 bits per heavy atom. The standard InChI is InChI=1S/C31H40N6O5S2/c1-41-22-13-20(12-21(38)15-22)25-14-19(4-2-8-35-28(39)23(32)5-3-9-36-30(33)34)26(42-25)16-27-29(40)37(31(43)44-27)24-11-17-6-7-18(24)10-17/h12-18,23-24,38H,2-11,32H2,1H3,(H,35,39)(H4,33,34,36)/t17?,18?,23-,24?/m0/s1. The molecule has 236 valence electrons. The lowest BCUT2D eigenvalue weighted by atomic mass is 9.94. The van der Waals surface area contributed by atoms with Gasteiger partial charge >= 0.3 is 0 Å². The van der Waals surface area contributed by atoms with Crippen molar-refractivity contribution in [3.63, 3.8) is 0 Å². The molecule has 2 bridgehead atoms. The van der Waals surface area contributed by atoms with Crippen LogP contribution in [0.5, 0.6) is 11.5 Å². The Balaban J connectivity index is 1.29. The second kappa shape index (κ2) is 14.0. The van der Waals surface area contributed by atoms with Crippen molar-refractivity contribution in [3.05, 3.63) is 40.5 Å². The lowest BCUT2D eigenvalue weighted by Gasteiger charge is -2.30. The molecule has 2 aromatic rings. The number of phenolic OH excluding ortho intramolecular Hbond substituents is 1. The van der Waals surface area contributed by atoms with E-state index >= 15 is 0 Å². The van der Waals surface area contributed by atoms with Crippen LogP contribution in [-0.2, 0) is 16.0 Å². The van der Waals surface area contributed by atoms with E-state index < -0.39 is 6.04 Å².